The van der Waals surface area contributed by atoms with Crippen LogP contribution in [-0.4, -0.2) is 44.1 Å². The Morgan fingerprint density at radius 1 is 1.10 bits per heavy atom. The van der Waals surface area contributed by atoms with Gasteiger partial charge in [-0.3, -0.25) is 19.4 Å². The molecule has 2 atom stereocenters. The number of ketones is 1. The highest BCUT2D eigenvalue weighted by molar-refractivity contribution is 6.07. The van der Waals surface area contributed by atoms with Crippen molar-refractivity contribution >= 4 is 23.3 Å². The van der Waals surface area contributed by atoms with E-state index in [0.717, 1.165) is 5.56 Å². The van der Waals surface area contributed by atoms with Gasteiger partial charge in [-0.1, -0.05) is 6.07 Å². The van der Waals surface area contributed by atoms with Gasteiger partial charge in [0.1, 0.15) is 0 Å². The van der Waals surface area contributed by atoms with E-state index in [1.807, 2.05) is 6.07 Å². The number of carbonyl (C=O) groups excluding carboxylic acids is 3. The van der Waals surface area contributed by atoms with Gasteiger partial charge in [0.25, 0.3) is 0 Å². The van der Waals surface area contributed by atoms with E-state index in [9.17, 15) is 14.4 Å². The van der Waals surface area contributed by atoms with E-state index in [1.54, 1.807) is 78.7 Å². The Morgan fingerprint density at radius 2 is 1.87 bits per heavy atom. The summed E-state index contributed by atoms with van der Waals surface area (Å²) < 4.78 is 1.66. The Labute approximate surface area is 173 Å². The van der Waals surface area contributed by atoms with Crippen LogP contribution in [0.1, 0.15) is 34.2 Å². The van der Waals surface area contributed by atoms with Gasteiger partial charge in [0.15, 0.2) is 5.82 Å². The Hall–Kier alpha value is -3.81. The summed E-state index contributed by atoms with van der Waals surface area (Å²) >= 11 is 0. The number of rotatable bonds is 5. The van der Waals surface area contributed by atoms with Crippen LogP contribution >= 0.6 is 0 Å². The summed E-state index contributed by atoms with van der Waals surface area (Å²) in [4.78, 5) is 47.5. The van der Waals surface area contributed by atoms with Crippen molar-refractivity contribution in [3.8, 4) is 0 Å². The average molecular weight is 403 g/mol. The molecular weight excluding hydrogens is 382 g/mol. The lowest BCUT2D eigenvalue weighted by atomic mass is 9.94. The first-order valence-corrected chi connectivity index (χ1v) is 9.54. The highest BCUT2D eigenvalue weighted by Crippen LogP contribution is 2.37. The van der Waals surface area contributed by atoms with Gasteiger partial charge in [-0.05, 0) is 35.9 Å². The fourth-order valence-electron chi connectivity index (χ4n) is 3.77. The molecule has 1 aliphatic heterocycles. The summed E-state index contributed by atoms with van der Waals surface area (Å²) in [5, 5.41) is 2.87. The number of nitrogens with zero attached hydrogens (tertiary/aromatic N) is 4. The van der Waals surface area contributed by atoms with Crippen molar-refractivity contribution in [1.29, 1.82) is 0 Å². The van der Waals surface area contributed by atoms with Gasteiger partial charge in [-0.15, -0.1) is 0 Å². The first kappa shape index (κ1) is 19.5. The molecule has 0 bridgehead atoms. The first-order chi connectivity index (χ1) is 14.5. The quantitative estimate of drug-likeness (QED) is 0.659. The molecule has 0 radical (unpaired) electrons. The zero-order chi connectivity index (χ0) is 21.3. The molecule has 2 amide bonds. The van der Waals surface area contributed by atoms with E-state index >= 15 is 0 Å². The van der Waals surface area contributed by atoms with E-state index < -0.39 is 5.92 Å². The average Bonchev–Trinajstić information content (AvgIpc) is 3.32. The molecule has 8 nitrogen and oxygen atoms in total. The Balaban J connectivity index is 1.50. The minimum Gasteiger partial charge on any atom is -0.338 e. The topological polar surface area (TPSA) is 97.2 Å². The predicted molar refractivity (Wildman–Crippen MR) is 110 cm³/mol. The van der Waals surface area contributed by atoms with Gasteiger partial charge in [-0.2, -0.15) is 0 Å². The molecule has 3 aromatic rings. The second-order valence-electron chi connectivity index (χ2n) is 7.30. The predicted octanol–water partition coefficient (Wildman–Crippen LogP) is 2.20. The number of carbonyl (C=O) groups is 3. The van der Waals surface area contributed by atoms with Crippen LogP contribution in [0.3, 0.4) is 0 Å². The summed E-state index contributed by atoms with van der Waals surface area (Å²) in [6.45, 7) is 0. The van der Waals surface area contributed by atoms with Crippen LogP contribution in [0.25, 0.3) is 0 Å². The Kier molecular flexibility index (Phi) is 5.14. The van der Waals surface area contributed by atoms with Gasteiger partial charge in [0, 0.05) is 56.6 Å². The highest BCUT2D eigenvalue weighted by Gasteiger charge is 2.42. The zero-order valence-corrected chi connectivity index (χ0v) is 16.6. The summed E-state index contributed by atoms with van der Waals surface area (Å²) in [5.74, 6) is -0.705. The highest BCUT2D eigenvalue weighted by atomic mass is 16.2. The largest absolute Gasteiger partial charge is 0.338 e. The van der Waals surface area contributed by atoms with Gasteiger partial charge >= 0.3 is 0 Å². The monoisotopic (exact) mass is 403 g/mol. The molecule has 0 spiro atoms. The molecule has 2 aromatic heterocycles. The molecule has 0 saturated carbocycles. The van der Waals surface area contributed by atoms with Crippen molar-refractivity contribution in [2.24, 2.45) is 13.0 Å². The zero-order valence-electron chi connectivity index (χ0n) is 16.6. The summed E-state index contributed by atoms with van der Waals surface area (Å²) in [6.07, 6.45) is 6.75. The number of amides is 2. The number of anilines is 1. The van der Waals surface area contributed by atoms with Crippen LogP contribution < -0.4 is 5.32 Å². The van der Waals surface area contributed by atoms with Crippen LogP contribution in [0, 0.1) is 5.92 Å². The number of nitrogens with one attached hydrogen (secondary N) is 1. The molecule has 0 aliphatic carbocycles. The van der Waals surface area contributed by atoms with E-state index in [-0.39, 0.29) is 30.1 Å². The maximum atomic E-state index is 12.9. The van der Waals surface area contributed by atoms with Crippen molar-refractivity contribution in [3.05, 3.63) is 78.1 Å². The lowest BCUT2D eigenvalue weighted by molar-refractivity contribution is -0.128. The fourth-order valence-corrected chi connectivity index (χ4v) is 3.77. The second kappa shape index (κ2) is 7.90. The molecule has 8 heteroatoms. The molecular formula is C22H21N5O3. The van der Waals surface area contributed by atoms with Crippen LogP contribution in [0.4, 0.5) is 5.69 Å². The first-order valence-electron chi connectivity index (χ1n) is 9.54. The van der Waals surface area contributed by atoms with Crippen LogP contribution in [0.15, 0.2) is 61.2 Å². The molecule has 1 N–H and O–H groups in total. The van der Waals surface area contributed by atoms with E-state index in [4.69, 9.17) is 0 Å². The third kappa shape index (κ3) is 3.59. The normalized spacial score (nSPS) is 18.5. The van der Waals surface area contributed by atoms with Gasteiger partial charge in [0.2, 0.25) is 17.6 Å². The van der Waals surface area contributed by atoms with Crippen molar-refractivity contribution in [2.45, 2.75) is 12.5 Å². The van der Waals surface area contributed by atoms with Crippen molar-refractivity contribution in [2.75, 3.05) is 12.4 Å². The molecule has 1 aromatic carbocycles. The lowest BCUT2D eigenvalue weighted by Gasteiger charge is -2.24. The number of aryl methyl sites for hydroxylation is 1. The maximum Gasteiger partial charge on any atom is 0.230 e. The number of benzene rings is 1. The van der Waals surface area contributed by atoms with Crippen LogP contribution in [0.5, 0.6) is 0 Å². The standard InChI is InChI=1S/C22H21N5O3/c1-26-11-10-24-21(26)20(29)14-5-7-16(8-6-14)25-22(30)17-12-18(28)27(2)19(17)15-4-3-9-23-13-15/h3-11,13,17,19H,12H2,1-2H3,(H,25,30). The van der Waals surface area contributed by atoms with E-state index in [2.05, 4.69) is 15.3 Å². The SMILES string of the molecule is CN1C(=O)CC(C(=O)Nc2ccc(C(=O)c3nccn3C)cc2)C1c1cccnc1. The summed E-state index contributed by atoms with van der Waals surface area (Å²) in [7, 11) is 3.46. The van der Waals surface area contributed by atoms with Crippen LogP contribution in [-0.2, 0) is 16.6 Å². The lowest BCUT2D eigenvalue weighted by Crippen LogP contribution is -2.30. The fraction of sp³-hybridized carbons (Fsp3) is 0.227. The number of aromatic nitrogens is 3. The van der Waals surface area contributed by atoms with E-state index in [0.29, 0.717) is 17.1 Å². The van der Waals surface area contributed by atoms with Gasteiger partial charge < -0.3 is 14.8 Å². The molecule has 1 saturated heterocycles. The minimum atomic E-state index is -0.527. The Morgan fingerprint density at radius 3 is 2.50 bits per heavy atom. The second-order valence-corrected chi connectivity index (χ2v) is 7.30. The number of imidazole rings is 1. The summed E-state index contributed by atoms with van der Waals surface area (Å²) in [5.41, 5.74) is 1.86. The minimum absolute atomic E-state index is 0.0833. The van der Waals surface area contributed by atoms with Crippen molar-refractivity contribution in [1.82, 2.24) is 19.4 Å². The number of likely N-dealkylation sites (tertiary alicyclic amines) is 1. The summed E-state index contributed by atoms with van der Waals surface area (Å²) in [6, 6.07) is 9.94. The van der Waals surface area contributed by atoms with Crippen molar-refractivity contribution < 1.29 is 14.4 Å². The van der Waals surface area contributed by atoms with Crippen molar-refractivity contribution in [3.63, 3.8) is 0 Å². The van der Waals surface area contributed by atoms with Crippen LogP contribution in [0.2, 0.25) is 0 Å². The van der Waals surface area contributed by atoms with Gasteiger partial charge in [-0.25, -0.2) is 4.98 Å². The smallest absolute Gasteiger partial charge is 0.230 e. The molecule has 1 fully saturated rings. The maximum absolute atomic E-state index is 12.9. The molecule has 152 valence electrons. The molecule has 30 heavy (non-hydrogen) atoms. The third-order valence-electron chi connectivity index (χ3n) is 5.39. The molecule has 1 aliphatic rings. The number of hydrogen-bond donors (Lipinski definition) is 1. The van der Waals surface area contributed by atoms with Gasteiger partial charge in [0.05, 0.1) is 12.0 Å². The molecule has 4 rings (SSSR count). The van der Waals surface area contributed by atoms with E-state index in [1.165, 1.54) is 0 Å². The molecule has 2 unspecified atom stereocenters. The molecule has 3 heterocycles. The number of pyridine rings is 1. The Bertz CT molecular complexity index is 1090. The number of hydrogen-bond acceptors (Lipinski definition) is 5. The third-order valence-corrected chi connectivity index (χ3v) is 5.39.